The Balaban J connectivity index is 2.13. The number of halogens is 2. The highest BCUT2D eigenvalue weighted by molar-refractivity contribution is 6.35. The van der Waals surface area contributed by atoms with E-state index in [9.17, 15) is 9.59 Å². The molecule has 1 aromatic heterocycles. The minimum atomic E-state index is -0.700. The normalized spacial score (nSPS) is 23.3. The van der Waals surface area contributed by atoms with Gasteiger partial charge in [-0.1, -0.05) is 29.3 Å². The van der Waals surface area contributed by atoms with Crippen molar-refractivity contribution in [3.63, 3.8) is 0 Å². The number of primary amides is 1. The molecule has 1 aromatic carbocycles. The highest BCUT2D eigenvalue weighted by atomic mass is 35.5. The Kier molecular flexibility index (Phi) is 4.49. The van der Waals surface area contributed by atoms with Gasteiger partial charge in [0.25, 0.3) is 0 Å². The first-order valence-electron chi connectivity index (χ1n) is 7.62. The summed E-state index contributed by atoms with van der Waals surface area (Å²) in [5, 5.41) is 5.15. The smallest absolute Gasteiger partial charge is 0.368 e. The van der Waals surface area contributed by atoms with Crippen LogP contribution >= 0.6 is 23.2 Å². The Labute approximate surface area is 155 Å². The Bertz CT molecular complexity index is 853. The third-order valence-electron chi connectivity index (χ3n) is 4.64. The number of likely N-dealkylation sites (N-methyl/N-ethyl adjacent to an activating group) is 1. The molecular formula is C16H18Cl2N5O2+. The summed E-state index contributed by atoms with van der Waals surface area (Å²) in [6.45, 7) is 0.478. The summed E-state index contributed by atoms with van der Waals surface area (Å²) in [5.41, 5.74) is 6.25. The Morgan fingerprint density at radius 1 is 1.36 bits per heavy atom. The highest BCUT2D eigenvalue weighted by Gasteiger charge is 2.55. The van der Waals surface area contributed by atoms with Gasteiger partial charge in [0, 0.05) is 30.7 Å². The first kappa shape index (κ1) is 17.7. The molecular weight excluding hydrogens is 365 g/mol. The van der Waals surface area contributed by atoms with Gasteiger partial charge in [-0.05, 0) is 12.1 Å². The largest absolute Gasteiger partial charge is 0.426 e. The molecule has 2 aromatic rings. The van der Waals surface area contributed by atoms with Crippen LogP contribution in [0, 0.1) is 0 Å². The number of urea groups is 1. The lowest BCUT2D eigenvalue weighted by Crippen LogP contribution is -2.52. The van der Waals surface area contributed by atoms with Crippen LogP contribution in [0.15, 0.2) is 30.5 Å². The fourth-order valence-electron chi connectivity index (χ4n) is 3.34. The number of aromatic nitrogens is 2. The van der Waals surface area contributed by atoms with E-state index in [4.69, 9.17) is 28.9 Å². The van der Waals surface area contributed by atoms with Crippen molar-refractivity contribution in [3.05, 3.63) is 46.1 Å². The van der Waals surface area contributed by atoms with Crippen LogP contribution in [0.5, 0.6) is 0 Å². The van der Waals surface area contributed by atoms with Gasteiger partial charge in [-0.2, -0.15) is 9.58 Å². The maximum atomic E-state index is 13.2. The Hall–Kier alpha value is -2.09. The monoisotopic (exact) mass is 382 g/mol. The molecule has 0 radical (unpaired) electrons. The number of benzene rings is 1. The molecule has 2 unspecified atom stereocenters. The van der Waals surface area contributed by atoms with Crippen molar-refractivity contribution < 1.29 is 9.59 Å². The number of quaternary nitrogens is 1. The molecule has 1 fully saturated rings. The zero-order valence-electron chi connectivity index (χ0n) is 13.8. The number of hydrogen-bond donors (Lipinski definition) is 1. The van der Waals surface area contributed by atoms with E-state index >= 15 is 0 Å². The molecule has 1 aliphatic rings. The van der Waals surface area contributed by atoms with Crippen LogP contribution in [0.3, 0.4) is 0 Å². The maximum absolute atomic E-state index is 13.2. The molecule has 0 aliphatic carbocycles. The average molecular weight is 383 g/mol. The number of aryl methyl sites for hydroxylation is 1. The number of nitrogens with zero attached hydrogens (tertiary/aromatic N) is 4. The highest BCUT2D eigenvalue weighted by Crippen LogP contribution is 2.35. The molecule has 0 bridgehead atoms. The second-order valence-corrected chi connectivity index (χ2v) is 7.01. The zero-order chi connectivity index (χ0) is 18.4. The summed E-state index contributed by atoms with van der Waals surface area (Å²) in [6.07, 6.45) is 1.61. The fraction of sp³-hybridized carbons (Fsp3) is 0.312. The van der Waals surface area contributed by atoms with Crippen molar-refractivity contribution in [3.8, 4) is 0 Å². The second-order valence-electron chi connectivity index (χ2n) is 6.17. The number of carbonyl (C=O) groups excluding carboxylic acids is 2. The molecule has 0 spiro atoms. The number of amides is 3. The van der Waals surface area contributed by atoms with E-state index in [1.807, 2.05) is 0 Å². The number of carbonyl (C=O) groups is 2. The van der Waals surface area contributed by atoms with Crippen LogP contribution in [0.1, 0.15) is 5.56 Å². The molecule has 9 heteroatoms. The van der Waals surface area contributed by atoms with E-state index in [0.29, 0.717) is 15.9 Å². The Morgan fingerprint density at radius 2 is 2.08 bits per heavy atom. The van der Waals surface area contributed by atoms with Crippen LogP contribution in [0.2, 0.25) is 10.0 Å². The third kappa shape index (κ3) is 2.88. The van der Waals surface area contributed by atoms with Gasteiger partial charge in [0.2, 0.25) is 11.7 Å². The van der Waals surface area contributed by atoms with Gasteiger partial charge in [-0.3, -0.25) is 9.69 Å². The lowest BCUT2D eigenvalue weighted by Gasteiger charge is -2.29. The minimum absolute atomic E-state index is 0.123. The Morgan fingerprint density at radius 3 is 2.60 bits per heavy atom. The molecule has 7 nitrogen and oxygen atoms in total. The lowest BCUT2D eigenvalue weighted by molar-refractivity contribution is -0.121. The molecule has 2 N–H and O–H groups in total. The summed E-state index contributed by atoms with van der Waals surface area (Å²) in [4.78, 5) is 26.4. The van der Waals surface area contributed by atoms with Gasteiger partial charge >= 0.3 is 6.03 Å². The summed E-state index contributed by atoms with van der Waals surface area (Å²) in [5.74, 6) is 0.117. The van der Waals surface area contributed by atoms with Crippen molar-refractivity contribution >= 4 is 41.0 Å². The molecule has 1 saturated heterocycles. The fourth-order valence-corrected chi connectivity index (χ4v) is 3.81. The van der Waals surface area contributed by atoms with Crippen molar-refractivity contribution in [1.29, 1.82) is 0 Å². The van der Waals surface area contributed by atoms with Crippen LogP contribution in [0.25, 0.3) is 0 Å². The summed E-state index contributed by atoms with van der Waals surface area (Å²) >= 11 is 12.3. The van der Waals surface area contributed by atoms with E-state index in [1.165, 1.54) is 4.90 Å². The number of nitrogens with two attached hydrogens (primary N) is 1. The predicted molar refractivity (Wildman–Crippen MR) is 96.2 cm³/mol. The third-order valence-corrected chi connectivity index (χ3v) is 5.22. The minimum Gasteiger partial charge on any atom is -0.368 e. The van der Waals surface area contributed by atoms with Crippen LogP contribution in [0.4, 0.5) is 10.6 Å². The topological polar surface area (TPSA) is 81.2 Å². The lowest BCUT2D eigenvalue weighted by atomic mass is 10.1. The standard InChI is InChI=1S/C16H17Cl2N5O2/c1-21-13(15(19)24)9-23(16(21)25,14-5-6-20-22(14)2)8-10-3-4-11(17)7-12(10)18/h3-7,13H,8-9H2,1-2H3,(H-,19,24)/p+1. The molecule has 1 aliphatic heterocycles. The van der Waals surface area contributed by atoms with Gasteiger partial charge in [0.05, 0.1) is 11.2 Å². The first-order valence-corrected chi connectivity index (χ1v) is 8.38. The van der Waals surface area contributed by atoms with Gasteiger partial charge in [-0.25, -0.2) is 9.48 Å². The van der Waals surface area contributed by atoms with Gasteiger partial charge in [-0.15, -0.1) is 0 Å². The van der Waals surface area contributed by atoms with E-state index in [-0.39, 0.29) is 23.6 Å². The van der Waals surface area contributed by atoms with Crippen molar-refractivity contribution in [2.45, 2.75) is 12.6 Å². The molecule has 2 atom stereocenters. The average Bonchev–Trinajstić information content (AvgIpc) is 3.08. The first-order chi connectivity index (χ1) is 11.8. The van der Waals surface area contributed by atoms with Crippen molar-refractivity contribution in [1.82, 2.24) is 19.2 Å². The molecule has 3 amide bonds. The van der Waals surface area contributed by atoms with Crippen LogP contribution in [-0.4, -0.2) is 46.3 Å². The van der Waals surface area contributed by atoms with Crippen LogP contribution < -0.4 is 10.2 Å². The summed E-state index contributed by atoms with van der Waals surface area (Å²) in [7, 11) is 3.33. The van der Waals surface area contributed by atoms with Crippen LogP contribution in [-0.2, 0) is 18.4 Å². The quantitative estimate of drug-likeness (QED) is 0.822. The molecule has 2 heterocycles. The number of rotatable bonds is 4. The van der Waals surface area contributed by atoms with Gasteiger partial charge in [0.1, 0.15) is 13.1 Å². The van der Waals surface area contributed by atoms with Crippen molar-refractivity contribution in [2.24, 2.45) is 12.8 Å². The van der Waals surface area contributed by atoms with E-state index in [2.05, 4.69) is 5.10 Å². The number of hydrogen-bond acceptors (Lipinski definition) is 3. The van der Waals surface area contributed by atoms with E-state index in [0.717, 1.165) is 5.56 Å². The second kappa shape index (κ2) is 6.33. The molecule has 25 heavy (non-hydrogen) atoms. The zero-order valence-corrected chi connectivity index (χ0v) is 15.3. The van der Waals surface area contributed by atoms with E-state index < -0.39 is 11.9 Å². The van der Waals surface area contributed by atoms with E-state index in [1.54, 1.807) is 49.2 Å². The van der Waals surface area contributed by atoms with Crippen molar-refractivity contribution in [2.75, 3.05) is 13.6 Å². The molecule has 3 rings (SSSR count). The van der Waals surface area contributed by atoms with Gasteiger partial charge < -0.3 is 5.73 Å². The predicted octanol–water partition coefficient (Wildman–Crippen LogP) is 2.15. The molecule has 0 saturated carbocycles. The van der Waals surface area contributed by atoms with Gasteiger partial charge in [0.15, 0.2) is 6.04 Å². The summed E-state index contributed by atoms with van der Waals surface area (Å²) < 4.78 is 1.50. The molecule has 132 valence electrons. The SMILES string of the molecule is CN1C(=O)[N+](Cc2ccc(Cl)cc2Cl)(c2ccnn2C)CC1C(N)=O. The summed E-state index contributed by atoms with van der Waals surface area (Å²) in [6, 6.07) is 5.96. The maximum Gasteiger partial charge on any atom is 0.426 e.